The average Bonchev–Trinajstić information content (AvgIpc) is 2.84. The predicted molar refractivity (Wildman–Crippen MR) is 70.9 cm³/mol. The number of nitrogens with one attached hydrogen (secondary N) is 1. The van der Waals surface area contributed by atoms with Crippen molar-refractivity contribution in [2.75, 3.05) is 6.54 Å². The van der Waals surface area contributed by atoms with Gasteiger partial charge >= 0.3 is 0 Å². The SMILES string of the molecule is CC(NCCc1ccccc1)c1cccs1. The smallest absolute Gasteiger partial charge is 0.0386 e. The lowest BCUT2D eigenvalue weighted by atomic mass is 10.1. The summed E-state index contributed by atoms with van der Waals surface area (Å²) in [5.74, 6) is 0. The van der Waals surface area contributed by atoms with Gasteiger partial charge in [-0.25, -0.2) is 0 Å². The second kappa shape index (κ2) is 5.83. The highest BCUT2D eigenvalue weighted by Crippen LogP contribution is 2.17. The summed E-state index contributed by atoms with van der Waals surface area (Å²) in [7, 11) is 0. The Morgan fingerprint density at radius 3 is 2.62 bits per heavy atom. The summed E-state index contributed by atoms with van der Waals surface area (Å²) in [4.78, 5) is 1.41. The Labute approximate surface area is 101 Å². The van der Waals surface area contributed by atoms with Gasteiger partial charge < -0.3 is 5.32 Å². The van der Waals surface area contributed by atoms with Gasteiger partial charge in [0, 0.05) is 10.9 Å². The molecule has 1 nitrogen and oxygen atoms in total. The van der Waals surface area contributed by atoms with E-state index < -0.39 is 0 Å². The van der Waals surface area contributed by atoms with Crippen molar-refractivity contribution in [1.82, 2.24) is 5.32 Å². The quantitative estimate of drug-likeness (QED) is 0.828. The van der Waals surface area contributed by atoms with E-state index in [1.165, 1.54) is 10.4 Å². The molecule has 0 bridgehead atoms. The third-order valence-electron chi connectivity index (χ3n) is 2.68. The van der Waals surface area contributed by atoms with E-state index in [4.69, 9.17) is 0 Å². The molecule has 2 aromatic rings. The fourth-order valence-electron chi connectivity index (χ4n) is 1.72. The summed E-state index contributed by atoms with van der Waals surface area (Å²) in [5, 5.41) is 5.67. The minimum atomic E-state index is 0.462. The molecule has 0 spiro atoms. The molecular weight excluding hydrogens is 214 g/mol. The molecule has 0 aliphatic rings. The average molecular weight is 231 g/mol. The molecule has 1 heterocycles. The lowest BCUT2D eigenvalue weighted by molar-refractivity contribution is 0.585. The molecule has 0 fully saturated rings. The van der Waals surface area contributed by atoms with Gasteiger partial charge in [0.1, 0.15) is 0 Å². The molecule has 1 N–H and O–H groups in total. The van der Waals surface area contributed by atoms with Crippen LogP contribution >= 0.6 is 11.3 Å². The number of rotatable bonds is 5. The first-order valence-corrected chi connectivity index (χ1v) is 6.55. The van der Waals surface area contributed by atoms with Gasteiger partial charge in [-0.2, -0.15) is 0 Å². The normalized spacial score (nSPS) is 12.6. The van der Waals surface area contributed by atoms with Crippen LogP contribution in [-0.4, -0.2) is 6.54 Å². The summed E-state index contributed by atoms with van der Waals surface area (Å²) in [5.41, 5.74) is 1.40. The van der Waals surface area contributed by atoms with Gasteiger partial charge in [-0.15, -0.1) is 11.3 Å². The molecule has 2 rings (SSSR count). The third-order valence-corrected chi connectivity index (χ3v) is 3.73. The molecular formula is C14H17NS. The maximum absolute atomic E-state index is 3.54. The van der Waals surface area contributed by atoms with Gasteiger partial charge in [0.25, 0.3) is 0 Å². The van der Waals surface area contributed by atoms with Crippen LogP contribution in [0.25, 0.3) is 0 Å². The number of benzene rings is 1. The fourth-order valence-corrected chi connectivity index (χ4v) is 2.47. The van der Waals surface area contributed by atoms with Crippen LogP contribution in [-0.2, 0) is 6.42 Å². The van der Waals surface area contributed by atoms with E-state index >= 15 is 0 Å². The lowest BCUT2D eigenvalue weighted by Gasteiger charge is -2.11. The first kappa shape index (κ1) is 11.4. The van der Waals surface area contributed by atoms with Crippen LogP contribution in [0.4, 0.5) is 0 Å². The molecule has 0 amide bonds. The minimum Gasteiger partial charge on any atom is -0.309 e. The van der Waals surface area contributed by atoms with Crippen molar-refractivity contribution in [1.29, 1.82) is 0 Å². The standard InChI is InChI=1S/C14H17NS/c1-12(14-8-5-11-16-14)15-10-9-13-6-3-2-4-7-13/h2-8,11-12,15H,9-10H2,1H3. The maximum Gasteiger partial charge on any atom is 0.0386 e. The summed E-state index contributed by atoms with van der Waals surface area (Å²) >= 11 is 1.81. The first-order chi connectivity index (χ1) is 7.86. The second-order valence-electron chi connectivity index (χ2n) is 3.93. The molecule has 1 aromatic carbocycles. The maximum atomic E-state index is 3.54. The Bertz CT molecular complexity index is 394. The lowest BCUT2D eigenvalue weighted by Crippen LogP contribution is -2.20. The van der Waals surface area contributed by atoms with Gasteiger partial charge in [-0.05, 0) is 36.9 Å². The zero-order valence-electron chi connectivity index (χ0n) is 9.52. The monoisotopic (exact) mass is 231 g/mol. The third kappa shape index (κ3) is 3.19. The van der Waals surface area contributed by atoms with Crippen molar-refractivity contribution < 1.29 is 0 Å². The molecule has 16 heavy (non-hydrogen) atoms. The number of thiophene rings is 1. The van der Waals surface area contributed by atoms with Gasteiger partial charge in [-0.3, -0.25) is 0 Å². The molecule has 1 atom stereocenters. The molecule has 0 aliphatic heterocycles. The fraction of sp³-hybridized carbons (Fsp3) is 0.286. The highest BCUT2D eigenvalue weighted by atomic mass is 32.1. The van der Waals surface area contributed by atoms with Crippen molar-refractivity contribution in [3.63, 3.8) is 0 Å². The summed E-state index contributed by atoms with van der Waals surface area (Å²) < 4.78 is 0. The van der Waals surface area contributed by atoms with E-state index in [1.54, 1.807) is 0 Å². The van der Waals surface area contributed by atoms with E-state index in [1.807, 2.05) is 11.3 Å². The van der Waals surface area contributed by atoms with Crippen molar-refractivity contribution in [2.24, 2.45) is 0 Å². The van der Waals surface area contributed by atoms with Crippen LogP contribution in [0.15, 0.2) is 47.8 Å². The Hall–Kier alpha value is -1.12. The van der Waals surface area contributed by atoms with E-state index in [9.17, 15) is 0 Å². The summed E-state index contributed by atoms with van der Waals surface area (Å²) in [6.45, 7) is 3.25. The summed E-state index contributed by atoms with van der Waals surface area (Å²) in [6.07, 6.45) is 1.09. The molecule has 0 aliphatic carbocycles. The molecule has 84 valence electrons. The van der Waals surface area contributed by atoms with Crippen LogP contribution < -0.4 is 5.32 Å². The largest absolute Gasteiger partial charge is 0.309 e. The molecule has 0 radical (unpaired) electrons. The van der Waals surface area contributed by atoms with Crippen LogP contribution in [0.2, 0.25) is 0 Å². The predicted octanol–water partition coefficient (Wildman–Crippen LogP) is 3.64. The zero-order valence-corrected chi connectivity index (χ0v) is 10.3. The first-order valence-electron chi connectivity index (χ1n) is 5.67. The Morgan fingerprint density at radius 2 is 1.94 bits per heavy atom. The van der Waals surface area contributed by atoms with Crippen molar-refractivity contribution in [3.05, 3.63) is 58.3 Å². The Morgan fingerprint density at radius 1 is 1.12 bits per heavy atom. The van der Waals surface area contributed by atoms with E-state index in [0.717, 1.165) is 13.0 Å². The Kier molecular flexibility index (Phi) is 4.14. The van der Waals surface area contributed by atoms with E-state index in [0.29, 0.717) is 6.04 Å². The molecule has 2 heteroatoms. The van der Waals surface area contributed by atoms with Gasteiger partial charge in [0.15, 0.2) is 0 Å². The number of hydrogen-bond acceptors (Lipinski definition) is 2. The van der Waals surface area contributed by atoms with Crippen LogP contribution in [0.3, 0.4) is 0 Å². The highest BCUT2D eigenvalue weighted by molar-refractivity contribution is 7.10. The second-order valence-corrected chi connectivity index (χ2v) is 4.91. The summed E-state index contributed by atoms with van der Waals surface area (Å²) in [6, 6.07) is 15.4. The zero-order chi connectivity index (χ0) is 11.2. The van der Waals surface area contributed by atoms with Crippen LogP contribution in [0.5, 0.6) is 0 Å². The van der Waals surface area contributed by atoms with Crippen LogP contribution in [0.1, 0.15) is 23.4 Å². The van der Waals surface area contributed by atoms with E-state index in [2.05, 4.69) is 60.1 Å². The van der Waals surface area contributed by atoms with Gasteiger partial charge in [0.05, 0.1) is 0 Å². The molecule has 0 saturated heterocycles. The van der Waals surface area contributed by atoms with Gasteiger partial charge in [-0.1, -0.05) is 36.4 Å². The molecule has 0 saturated carbocycles. The highest BCUT2D eigenvalue weighted by Gasteiger charge is 2.04. The number of hydrogen-bond donors (Lipinski definition) is 1. The van der Waals surface area contributed by atoms with Gasteiger partial charge in [0.2, 0.25) is 0 Å². The Balaban J connectivity index is 1.76. The van der Waals surface area contributed by atoms with Crippen molar-refractivity contribution in [3.8, 4) is 0 Å². The topological polar surface area (TPSA) is 12.0 Å². The molecule has 1 unspecified atom stereocenters. The van der Waals surface area contributed by atoms with E-state index in [-0.39, 0.29) is 0 Å². The minimum absolute atomic E-state index is 0.462. The molecule has 1 aromatic heterocycles. The van der Waals surface area contributed by atoms with Crippen molar-refractivity contribution in [2.45, 2.75) is 19.4 Å². The van der Waals surface area contributed by atoms with Crippen molar-refractivity contribution >= 4 is 11.3 Å². The van der Waals surface area contributed by atoms with Crippen LogP contribution in [0, 0.1) is 0 Å².